The molecule has 8 nitrogen and oxygen atoms in total. The standard InChI is InChI=1S/C18H15ClFN3O5/c19-12-3-1-2-11(10-12)15-14(23(27)28)5-4-13(16(15)20)17(24)21-6-8-22(9-7-21)18(25)26/h1-5,10H,6-9H2,(H,25,26). The Kier molecular flexibility index (Phi) is 5.46. The first kappa shape index (κ1) is 19.6. The third-order valence-electron chi connectivity index (χ3n) is 4.50. The molecule has 0 saturated carbocycles. The summed E-state index contributed by atoms with van der Waals surface area (Å²) < 4.78 is 15.2. The monoisotopic (exact) mass is 407 g/mol. The molecule has 1 fully saturated rings. The number of piperazine rings is 1. The van der Waals surface area contributed by atoms with Crippen LogP contribution in [0.15, 0.2) is 36.4 Å². The van der Waals surface area contributed by atoms with Crippen LogP contribution in [0.4, 0.5) is 14.9 Å². The van der Waals surface area contributed by atoms with Gasteiger partial charge in [0.15, 0.2) is 5.82 Å². The van der Waals surface area contributed by atoms with E-state index >= 15 is 4.39 Å². The Bertz CT molecular complexity index is 960. The molecule has 1 heterocycles. The Balaban J connectivity index is 1.99. The van der Waals surface area contributed by atoms with E-state index < -0.39 is 28.4 Å². The maximum atomic E-state index is 15.2. The molecule has 2 aromatic rings. The van der Waals surface area contributed by atoms with E-state index in [1.54, 1.807) is 6.07 Å². The van der Waals surface area contributed by atoms with Gasteiger partial charge in [-0.25, -0.2) is 9.18 Å². The number of hydrogen-bond acceptors (Lipinski definition) is 4. The van der Waals surface area contributed by atoms with Crippen molar-refractivity contribution >= 4 is 29.3 Å². The molecule has 2 aromatic carbocycles. The minimum Gasteiger partial charge on any atom is -0.465 e. The second-order valence-electron chi connectivity index (χ2n) is 6.15. The highest BCUT2D eigenvalue weighted by molar-refractivity contribution is 6.30. The molecule has 0 radical (unpaired) electrons. The number of rotatable bonds is 3. The average molecular weight is 408 g/mol. The van der Waals surface area contributed by atoms with Crippen molar-refractivity contribution in [2.24, 2.45) is 0 Å². The lowest BCUT2D eigenvalue weighted by atomic mass is 9.99. The van der Waals surface area contributed by atoms with Gasteiger partial charge >= 0.3 is 6.09 Å². The summed E-state index contributed by atoms with van der Waals surface area (Å²) in [5, 5.41) is 20.6. The molecule has 0 bridgehead atoms. The zero-order valence-electron chi connectivity index (χ0n) is 14.5. The minimum absolute atomic E-state index is 0.105. The third-order valence-corrected chi connectivity index (χ3v) is 4.73. The van der Waals surface area contributed by atoms with Crippen LogP contribution in [0.5, 0.6) is 0 Å². The number of hydrogen-bond donors (Lipinski definition) is 1. The number of carbonyl (C=O) groups is 2. The number of nitrogens with zero attached hydrogens (tertiary/aromatic N) is 3. The molecule has 1 N–H and O–H groups in total. The normalized spacial score (nSPS) is 14.1. The van der Waals surface area contributed by atoms with Crippen LogP contribution in [0.1, 0.15) is 10.4 Å². The van der Waals surface area contributed by atoms with Gasteiger partial charge in [0.05, 0.1) is 16.1 Å². The van der Waals surface area contributed by atoms with Crippen LogP contribution in [0.25, 0.3) is 11.1 Å². The van der Waals surface area contributed by atoms with E-state index in [4.69, 9.17) is 16.7 Å². The highest BCUT2D eigenvalue weighted by Gasteiger charge is 2.30. The third kappa shape index (κ3) is 3.74. The summed E-state index contributed by atoms with van der Waals surface area (Å²) in [7, 11) is 0. The van der Waals surface area contributed by atoms with Crippen molar-refractivity contribution in [1.29, 1.82) is 0 Å². The van der Waals surface area contributed by atoms with Crippen LogP contribution in [-0.2, 0) is 0 Å². The lowest BCUT2D eigenvalue weighted by Gasteiger charge is -2.33. The van der Waals surface area contributed by atoms with Crippen molar-refractivity contribution in [3.63, 3.8) is 0 Å². The quantitative estimate of drug-likeness (QED) is 0.619. The second-order valence-corrected chi connectivity index (χ2v) is 6.59. The first-order valence-electron chi connectivity index (χ1n) is 8.29. The van der Waals surface area contributed by atoms with Crippen molar-refractivity contribution in [2.45, 2.75) is 0 Å². The minimum atomic E-state index is -1.09. The zero-order chi connectivity index (χ0) is 20.4. The van der Waals surface area contributed by atoms with Gasteiger partial charge in [-0.2, -0.15) is 0 Å². The highest BCUT2D eigenvalue weighted by Crippen LogP contribution is 2.35. The van der Waals surface area contributed by atoms with E-state index in [-0.39, 0.29) is 47.9 Å². The van der Waals surface area contributed by atoms with Crippen LogP contribution in [-0.4, -0.2) is 58.0 Å². The number of nitro benzene ring substituents is 1. The molecule has 28 heavy (non-hydrogen) atoms. The zero-order valence-corrected chi connectivity index (χ0v) is 15.2. The second kappa shape index (κ2) is 7.81. The van der Waals surface area contributed by atoms with Crippen molar-refractivity contribution in [2.75, 3.05) is 26.2 Å². The van der Waals surface area contributed by atoms with E-state index in [0.717, 1.165) is 17.0 Å². The Labute approximate surface area is 163 Å². The summed E-state index contributed by atoms with van der Waals surface area (Å²) in [5.74, 6) is -1.66. The fourth-order valence-corrected chi connectivity index (χ4v) is 3.26. The summed E-state index contributed by atoms with van der Waals surface area (Å²) in [6, 6.07) is 8.09. The molecule has 1 aliphatic rings. The summed E-state index contributed by atoms with van der Waals surface area (Å²) in [4.78, 5) is 36.9. The van der Waals surface area contributed by atoms with Gasteiger partial charge in [-0.05, 0) is 23.8 Å². The number of carbonyl (C=O) groups excluding carboxylic acids is 1. The molecule has 0 unspecified atom stereocenters. The molecule has 146 valence electrons. The molecule has 3 rings (SSSR count). The molecule has 10 heteroatoms. The van der Waals surface area contributed by atoms with Gasteiger partial charge in [0.25, 0.3) is 11.6 Å². The molecule has 0 atom stereocenters. The van der Waals surface area contributed by atoms with Crippen molar-refractivity contribution in [1.82, 2.24) is 9.80 Å². The smallest absolute Gasteiger partial charge is 0.407 e. The molecular weight excluding hydrogens is 393 g/mol. The number of halogens is 2. The Hall–Kier alpha value is -3.20. The Morgan fingerprint density at radius 2 is 1.75 bits per heavy atom. The summed E-state index contributed by atoms with van der Waals surface area (Å²) in [6.45, 7) is 0.426. The molecule has 1 saturated heterocycles. The molecule has 2 amide bonds. The molecule has 0 aromatic heterocycles. The van der Waals surface area contributed by atoms with Gasteiger partial charge < -0.3 is 14.9 Å². The first-order chi connectivity index (χ1) is 13.3. The summed E-state index contributed by atoms with van der Waals surface area (Å²) >= 11 is 5.92. The van der Waals surface area contributed by atoms with Crippen LogP contribution >= 0.6 is 11.6 Å². The van der Waals surface area contributed by atoms with E-state index in [0.29, 0.717) is 0 Å². The number of nitro groups is 1. The predicted octanol–water partition coefficient (Wildman–Crippen LogP) is 3.49. The molecule has 1 aliphatic heterocycles. The topological polar surface area (TPSA) is 104 Å². The highest BCUT2D eigenvalue weighted by atomic mass is 35.5. The Morgan fingerprint density at radius 3 is 2.32 bits per heavy atom. The lowest BCUT2D eigenvalue weighted by molar-refractivity contribution is -0.384. The van der Waals surface area contributed by atoms with Gasteiger partial charge in [-0.15, -0.1) is 0 Å². The fraction of sp³-hybridized carbons (Fsp3) is 0.222. The van der Waals surface area contributed by atoms with Gasteiger partial charge in [0.1, 0.15) is 0 Å². The molecule has 0 aliphatic carbocycles. The number of benzene rings is 2. The number of carboxylic acid groups (broad SMARTS) is 1. The van der Waals surface area contributed by atoms with Crippen LogP contribution in [0.3, 0.4) is 0 Å². The Morgan fingerprint density at radius 1 is 1.11 bits per heavy atom. The van der Waals surface area contributed by atoms with Gasteiger partial charge in [0, 0.05) is 37.3 Å². The van der Waals surface area contributed by atoms with E-state index in [1.165, 1.54) is 23.1 Å². The van der Waals surface area contributed by atoms with Crippen molar-refractivity contribution in [3.8, 4) is 11.1 Å². The van der Waals surface area contributed by atoms with E-state index in [9.17, 15) is 19.7 Å². The molecular formula is C18H15ClFN3O5. The van der Waals surface area contributed by atoms with Crippen molar-refractivity contribution < 1.29 is 24.0 Å². The van der Waals surface area contributed by atoms with Gasteiger partial charge in [-0.3, -0.25) is 14.9 Å². The largest absolute Gasteiger partial charge is 0.465 e. The van der Waals surface area contributed by atoms with E-state index in [2.05, 4.69) is 0 Å². The van der Waals surface area contributed by atoms with Gasteiger partial charge in [-0.1, -0.05) is 23.7 Å². The maximum absolute atomic E-state index is 15.2. The van der Waals surface area contributed by atoms with Gasteiger partial charge in [0.2, 0.25) is 0 Å². The van der Waals surface area contributed by atoms with Crippen LogP contribution < -0.4 is 0 Å². The maximum Gasteiger partial charge on any atom is 0.407 e. The SMILES string of the molecule is O=C(O)N1CCN(C(=O)c2ccc([N+](=O)[O-])c(-c3cccc(Cl)c3)c2F)CC1. The summed E-state index contributed by atoms with van der Waals surface area (Å²) in [6.07, 6.45) is -1.09. The number of amides is 2. The fourth-order valence-electron chi connectivity index (χ4n) is 3.07. The van der Waals surface area contributed by atoms with E-state index in [1.807, 2.05) is 0 Å². The van der Waals surface area contributed by atoms with Crippen LogP contribution in [0, 0.1) is 15.9 Å². The summed E-state index contributed by atoms with van der Waals surface area (Å²) in [5.41, 5.74) is -0.930. The lowest BCUT2D eigenvalue weighted by Crippen LogP contribution is -2.50. The molecule has 0 spiro atoms. The predicted molar refractivity (Wildman–Crippen MR) is 99.0 cm³/mol. The van der Waals surface area contributed by atoms with Crippen LogP contribution in [0.2, 0.25) is 5.02 Å². The first-order valence-corrected chi connectivity index (χ1v) is 8.67. The van der Waals surface area contributed by atoms with Crippen molar-refractivity contribution in [3.05, 3.63) is 62.9 Å². The average Bonchev–Trinajstić information content (AvgIpc) is 2.67.